The van der Waals surface area contributed by atoms with Crippen LogP contribution in [0.1, 0.15) is 17.5 Å². The molecule has 2 aliphatic heterocycles. The van der Waals surface area contributed by atoms with Crippen LogP contribution < -0.4 is 0 Å². The molecular formula is C16H19F2NO. The molecule has 1 unspecified atom stereocenters. The predicted octanol–water partition coefficient (Wildman–Crippen LogP) is 2.40. The fourth-order valence-electron chi connectivity index (χ4n) is 4.12. The van der Waals surface area contributed by atoms with Gasteiger partial charge >= 0.3 is 0 Å². The first-order valence-electron chi connectivity index (χ1n) is 7.49. The molecule has 2 saturated heterocycles. The third kappa shape index (κ3) is 2.06. The minimum absolute atomic E-state index is 0.370. The molecule has 4 rings (SSSR count). The molecule has 20 heavy (non-hydrogen) atoms. The van der Waals surface area contributed by atoms with Gasteiger partial charge in [-0.3, -0.25) is 4.90 Å². The van der Waals surface area contributed by atoms with Gasteiger partial charge < -0.3 is 4.74 Å². The van der Waals surface area contributed by atoms with E-state index >= 15 is 0 Å². The first kappa shape index (κ1) is 12.7. The van der Waals surface area contributed by atoms with Crippen LogP contribution in [0.15, 0.2) is 12.1 Å². The van der Waals surface area contributed by atoms with Crippen molar-refractivity contribution in [2.75, 3.05) is 26.3 Å². The molecule has 0 radical (unpaired) electrons. The van der Waals surface area contributed by atoms with Crippen LogP contribution in [0, 0.1) is 23.5 Å². The molecule has 108 valence electrons. The number of benzene rings is 1. The van der Waals surface area contributed by atoms with Gasteiger partial charge in [-0.15, -0.1) is 0 Å². The summed E-state index contributed by atoms with van der Waals surface area (Å²) in [5.74, 6) is 0.514. The summed E-state index contributed by atoms with van der Waals surface area (Å²) in [7, 11) is 0. The topological polar surface area (TPSA) is 12.5 Å². The minimum Gasteiger partial charge on any atom is -0.381 e. The molecule has 0 bridgehead atoms. The van der Waals surface area contributed by atoms with Gasteiger partial charge in [0.05, 0.1) is 13.2 Å². The van der Waals surface area contributed by atoms with Gasteiger partial charge in [0, 0.05) is 37.0 Å². The third-order valence-corrected chi connectivity index (χ3v) is 5.22. The molecule has 2 fully saturated rings. The van der Waals surface area contributed by atoms with Crippen molar-refractivity contribution in [3.8, 4) is 0 Å². The summed E-state index contributed by atoms with van der Waals surface area (Å²) in [4.78, 5) is 2.52. The van der Waals surface area contributed by atoms with E-state index in [1.54, 1.807) is 0 Å². The summed E-state index contributed by atoms with van der Waals surface area (Å²) >= 11 is 0. The highest BCUT2D eigenvalue weighted by molar-refractivity contribution is 5.32. The van der Waals surface area contributed by atoms with E-state index in [0.29, 0.717) is 17.9 Å². The van der Waals surface area contributed by atoms with Gasteiger partial charge in [0.15, 0.2) is 0 Å². The van der Waals surface area contributed by atoms with Crippen LogP contribution in [0.4, 0.5) is 8.78 Å². The highest BCUT2D eigenvalue weighted by atomic mass is 19.1. The van der Waals surface area contributed by atoms with E-state index < -0.39 is 5.82 Å². The number of halogens is 2. The van der Waals surface area contributed by atoms with E-state index in [0.717, 1.165) is 62.8 Å². The summed E-state index contributed by atoms with van der Waals surface area (Å²) in [5.41, 5.74) is 1.59. The average molecular weight is 279 g/mol. The van der Waals surface area contributed by atoms with Crippen LogP contribution in [0.5, 0.6) is 0 Å². The molecule has 0 amide bonds. The molecule has 1 aromatic carbocycles. The average Bonchev–Trinajstić information content (AvgIpc) is 2.98. The van der Waals surface area contributed by atoms with Crippen LogP contribution in [0.2, 0.25) is 0 Å². The molecule has 2 nitrogen and oxygen atoms in total. The quantitative estimate of drug-likeness (QED) is 0.782. The second-order valence-electron chi connectivity index (χ2n) is 6.43. The lowest BCUT2D eigenvalue weighted by atomic mass is 9.87. The second-order valence-corrected chi connectivity index (χ2v) is 6.43. The Morgan fingerprint density at radius 2 is 1.85 bits per heavy atom. The summed E-state index contributed by atoms with van der Waals surface area (Å²) in [6.07, 6.45) is 2.49. The summed E-state index contributed by atoms with van der Waals surface area (Å²) in [6.45, 7) is 3.94. The number of nitrogens with zero attached hydrogens (tertiary/aromatic N) is 1. The lowest BCUT2D eigenvalue weighted by Gasteiger charge is -2.33. The van der Waals surface area contributed by atoms with Crippen LogP contribution >= 0.6 is 0 Å². The molecule has 4 heteroatoms. The van der Waals surface area contributed by atoms with Crippen LogP contribution in [0.3, 0.4) is 0 Å². The van der Waals surface area contributed by atoms with Gasteiger partial charge in [-0.2, -0.15) is 0 Å². The minimum atomic E-state index is -0.450. The van der Waals surface area contributed by atoms with E-state index in [1.165, 1.54) is 6.07 Å². The Morgan fingerprint density at radius 1 is 1.10 bits per heavy atom. The molecule has 0 saturated carbocycles. The molecule has 2 heterocycles. The monoisotopic (exact) mass is 279 g/mol. The maximum atomic E-state index is 13.8. The zero-order chi connectivity index (χ0) is 13.7. The number of hydrogen-bond acceptors (Lipinski definition) is 2. The smallest absolute Gasteiger partial charge is 0.129 e. The number of ether oxygens (including phenoxy) is 1. The number of hydrogen-bond donors (Lipinski definition) is 0. The van der Waals surface area contributed by atoms with Crippen molar-refractivity contribution in [2.45, 2.75) is 25.3 Å². The van der Waals surface area contributed by atoms with Crippen molar-refractivity contribution in [3.63, 3.8) is 0 Å². The molecule has 1 aliphatic carbocycles. The van der Waals surface area contributed by atoms with Crippen molar-refractivity contribution in [2.24, 2.45) is 11.8 Å². The Morgan fingerprint density at radius 3 is 2.60 bits per heavy atom. The maximum Gasteiger partial charge on any atom is 0.129 e. The molecule has 0 aromatic heterocycles. The van der Waals surface area contributed by atoms with E-state index in [4.69, 9.17) is 4.74 Å². The normalized spacial score (nSPS) is 33.2. The second kappa shape index (κ2) is 4.78. The Labute approximate surface area is 117 Å². The van der Waals surface area contributed by atoms with Crippen LogP contribution in [-0.2, 0) is 17.6 Å². The van der Waals surface area contributed by atoms with Crippen molar-refractivity contribution >= 4 is 0 Å². The lowest BCUT2D eigenvalue weighted by molar-refractivity contribution is 0.134. The highest BCUT2D eigenvalue weighted by Gasteiger charge is 2.40. The number of rotatable bonds is 1. The third-order valence-electron chi connectivity index (χ3n) is 5.22. The van der Waals surface area contributed by atoms with Crippen molar-refractivity contribution in [1.29, 1.82) is 0 Å². The Bertz CT molecular complexity index is 521. The van der Waals surface area contributed by atoms with Gasteiger partial charge in [-0.25, -0.2) is 8.78 Å². The van der Waals surface area contributed by atoms with Gasteiger partial charge in [-0.1, -0.05) is 0 Å². The van der Waals surface area contributed by atoms with E-state index in [1.807, 2.05) is 0 Å². The van der Waals surface area contributed by atoms with Crippen molar-refractivity contribution in [3.05, 3.63) is 34.9 Å². The first-order chi connectivity index (χ1) is 9.70. The predicted molar refractivity (Wildman–Crippen MR) is 71.5 cm³/mol. The fraction of sp³-hybridized carbons (Fsp3) is 0.625. The Kier molecular flexibility index (Phi) is 3.04. The molecule has 1 aromatic rings. The Balaban J connectivity index is 1.52. The highest BCUT2D eigenvalue weighted by Crippen LogP contribution is 2.34. The van der Waals surface area contributed by atoms with Gasteiger partial charge in [0.1, 0.15) is 11.6 Å². The molecule has 3 atom stereocenters. The van der Waals surface area contributed by atoms with Crippen LogP contribution in [0.25, 0.3) is 0 Å². The van der Waals surface area contributed by atoms with E-state index in [-0.39, 0.29) is 5.82 Å². The molecular weight excluding hydrogens is 260 g/mol. The summed E-state index contributed by atoms with van der Waals surface area (Å²) in [6, 6.07) is 2.97. The molecule has 0 spiro atoms. The van der Waals surface area contributed by atoms with Gasteiger partial charge in [0.25, 0.3) is 0 Å². The van der Waals surface area contributed by atoms with Crippen molar-refractivity contribution in [1.82, 2.24) is 4.90 Å². The Hall–Kier alpha value is -1.00. The van der Waals surface area contributed by atoms with Crippen molar-refractivity contribution < 1.29 is 13.5 Å². The maximum absolute atomic E-state index is 13.8. The number of likely N-dealkylation sites (tertiary alicyclic amines) is 1. The first-order valence-corrected chi connectivity index (χ1v) is 7.49. The lowest BCUT2D eigenvalue weighted by Crippen LogP contribution is -2.39. The van der Waals surface area contributed by atoms with Gasteiger partial charge in [-0.05, 0) is 36.5 Å². The SMILES string of the molecule is Fc1cc(F)c2c(c1)C[C@@H](N1CC3COC[C@@H]3C1)CC2. The standard InChI is InChI=1S/C16H19F2NO/c17-13-3-10-4-14(1-2-15(10)16(18)5-13)19-6-11-8-20-9-12(11)7-19/h3,5,11-12,14H,1-2,4,6-9H2/t11-,12?,14-/m0/s1. The summed E-state index contributed by atoms with van der Waals surface area (Å²) < 4.78 is 32.6. The zero-order valence-corrected chi connectivity index (χ0v) is 11.4. The summed E-state index contributed by atoms with van der Waals surface area (Å²) in [5, 5.41) is 0. The number of fused-ring (bicyclic) bond motifs is 2. The van der Waals surface area contributed by atoms with E-state index in [2.05, 4.69) is 4.90 Å². The van der Waals surface area contributed by atoms with Crippen LogP contribution in [-0.4, -0.2) is 37.2 Å². The molecule has 0 N–H and O–H groups in total. The fourth-order valence-corrected chi connectivity index (χ4v) is 4.12. The zero-order valence-electron chi connectivity index (χ0n) is 11.4. The largest absolute Gasteiger partial charge is 0.381 e. The van der Waals surface area contributed by atoms with E-state index in [9.17, 15) is 8.78 Å². The molecule has 3 aliphatic rings. The van der Waals surface area contributed by atoms with Gasteiger partial charge in [0.2, 0.25) is 0 Å².